The first kappa shape index (κ1) is 19.6. The average Bonchev–Trinajstić information content (AvgIpc) is 2.61. The predicted molar refractivity (Wildman–Crippen MR) is 98.8 cm³/mol. The van der Waals surface area contributed by atoms with Crippen LogP contribution in [0.4, 0.5) is 5.69 Å². The van der Waals surface area contributed by atoms with Gasteiger partial charge in [0, 0.05) is 29.4 Å². The van der Waals surface area contributed by atoms with Crippen LogP contribution in [0.25, 0.3) is 0 Å². The van der Waals surface area contributed by atoms with E-state index in [0.717, 1.165) is 10.0 Å². The van der Waals surface area contributed by atoms with Crippen LogP contribution in [0.2, 0.25) is 0 Å². The molecule has 0 radical (unpaired) electrons. The van der Waals surface area contributed by atoms with Gasteiger partial charge in [-0.1, -0.05) is 40.2 Å². The van der Waals surface area contributed by atoms with Gasteiger partial charge in [-0.15, -0.1) is 0 Å². The number of carbonyl (C=O) groups is 2. The number of aryl methyl sites for hydroxylation is 1. The maximum absolute atomic E-state index is 12.1. The Labute approximate surface area is 158 Å². The number of nitro groups is 1. The van der Waals surface area contributed by atoms with Crippen LogP contribution in [0, 0.1) is 10.1 Å². The Morgan fingerprint density at radius 1 is 1.08 bits per heavy atom. The number of nitro benzene ring substituents is 1. The van der Waals surface area contributed by atoms with E-state index >= 15 is 0 Å². The molecule has 1 amide bonds. The van der Waals surface area contributed by atoms with E-state index in [1.54, 1.807) is 0 Å². The highest BCUT2D eigenvalue weighted by Gasteiger charge is 2.20. The van der Waals surface area contributed by atoms with Crippen molar-refractivity contribution in [2.24, 2.45) is 0 Å². The van der Waals surface area contributed by atoms with Crippen molar-refractivity contribution in [3.05, 3.63) is 74.2 Å². The monoisotopic (exact) mass is 420 g/mol. The second-order valence-corrected chi connectivity index (χ2v) is 6.63. The number of nitrogens with one attached hydrogen (secondary N) is 1. The molecule has 0 aliphatic carbocycles. The molecule has 2 aromatic rings. The first-order valence-corrected chi connectivity index (χ1v) is 8.64. The van der Waals surface area contributed by atoms with Crippen molar-refractivity contribution in [2.75, 3.05) is 0 Å². The molecule has 0 aromatic heterocycles. The number of aliphatic carboxylic acids is 1. The van der Waals surface area contributed by atoms with Crippen LogP contribution in [0.1, 0.15) is 17.5 Å². The van der Waals surface area contributed by atoms with Crippen molar-refractivity contribution in [1.29, 1.82) is 0 Å². The van der Waals surface area contributed by atoms with Gasteiger partial charge in [-0.25, -0.2) is 4.79 Å². The number of carboxylic acid groups (broad SMARTS) is 1. The Hall–Kier alpha value is -2.74. The van der Waals surface area contributed by atoms with E-state index in [1.165, 1.54) is 24.3 Å². The molecule has 0 heterocycles. The van der Waals surface area contributed by atoms with Gasteiger partial charge in [0.05, 0.1) is 4.92 Å². The molecule has 2 rings (SSSR count). The fourth-order valence-corrected chi connectivity index (χ4v) is 2.63. The van der Waals surface area contributed by atoms with Gasteiger partial charge in [0.2, 0.25) is 5.91 Å². The van der Waals surface area contributed by atoms with Crippen LogP contribution in [-0.4, -0.2) is 27.9 Å². The van der Waals surface area contributed by atoms with Gasteiger partial charge < -0.3 is 10.4 Å². The lowest BCUT2D eigenvalue weighted by Gasteiger charge is -2.14. The van der Waals surface area contributed by atoms with Crippen LogP contribution in [-0.2, 0) is 22.4 Å². The molecule has 1 unspecified atom stereocenters. The summed E-state index contributed by atoms with van der Waals surface area (Å²) < 4.78 is 0.944. The summed E-state index contributed by atoms with van der Waals surface area (Å²) >= 11 is 3.34. The number of benzene rings is 2. The van der Waals surface area contributed by atoms with Gasteiger partial charge in [-0.3, -0.25) is 14.9 Å². The van der Waals surface area contributed by atoms with Gasteiger partial charge in [-0.2, -0.15) is 0 Å². The summed E-state index contributed by atoms with van der Waals surface area (Å²) in [5.41, 5.74) is 1.50. The number of hydrogen-bond donors (Lipinski definition) is 2. The first-order valence-electron chi connectivity index (χ1n) is 7.85. The Kier molecular flexibility index (Phi) is 6.85. The summed E-state index contributed by atoms with van der Waals surface area (Å²) in [6.07, 6.45) is 0.728. The summed E-state index contributed by atoms with van der Waals surface area (Å²) in [5.74, 6) is -1.51. The quantitative estimate of drug-likeness (QED) is 0.503. The molecule has 0 saturated carbocycles. The third kappa shape index (κ3) is 5.96. The second kappa shape index (κ2) is 9.10. The van der Waals surface area contributed by atoms with Gasteiger partial charge in [0.25, 0.3) is 5.69 Å². The Balaban J connectivity index is 1.92. The maximum Gasteiger partial charge on any atom is 0.326 e. The molecule has 26 heavy (non-hydrogen) atoms. The maximum atomic E-state index is 12.1. The molecule has 8 heteroatoms. The van der Waals surface area contributed by atoms with Crippen molar-refractivity contribution in [3.8, 4) is 0 Å². The lowest BCUT2D eigenvalue weighted by atomic mass is 10.0. The van der Waals surface area contributed by atoms with E-state index in [4.69, 9.17) is 0 Å². The lowest BCUT2D eigenvalue weighted by molar-refractivity contribution is -0.384. The number of non-ortho nitro benzene ring substituents is 1. The van der Waals surface area contributed by atoms with Crippen molar-refractivity contribution >= 4 is 33.5 Å². The van der Waals surface area contributed by atoms with Gasteiger partial charge >= 0.3 is 5.97 Å². The van der Waals surface area contributed by atoms with E-state index in [0.29, 0.717) is 12.0 Å². The molecule has 1 atom stereocenters. The summed E-state index contributed by atoms with van der Waals surface area (Å²) in [6, 6.07) is 12.0. The minimum absolute atomic E-state index is 0.0529. The largest absolute Gasteiger partial charge is 0.480 e. The highest BCUT2D eigenvalue weighted by atomic mass is 79.9. The Bertz CT molecular complexity index is 790. The highest BCUT2D eigenvalue weighted by molar-refractivity contribution is 9.10. The molecule has 0 fully saturated rings. The zero-order valence-electron chi connectivity index (χ0n) is 13.7. The number of halogens is 1. The third-order valence-corrected chi connectivity index (χ3v) is 4.30. The highest BCUT2D eigenvalue weighted by Crippen LogP contribution is 2.14. The number of amides is 1. The first-order chi connectivity index (χ1) is 12.3. The summed E-state index contributed by atoms with van der Waals surface area (Å²) in [6.45, 7) is 0. The zero-order valence-corrected chi connectivity index (χ0v) is 15.3. The molecule has 0 aliphatic heterocycles. The Morgan fingerprint density at radius 2 is 1.65 bits per heavy atom. The van der Waals surface area contributed by atoms with Crippen molar-refractivity contribution in [2.45, 2.75) is 25.3 Å². The normalized spacial score (nSPS) is 11.6. The van der Waals surface area contributed by atoms with E-state index in [-0.39, 0.29) is 24.4 Å². The minimum Gasteiger partial charge on any atom is -0.480 e. The third-order valence-electron chi connectivity index (χ3n) is 3.77. The topological polar surface area (TPSA) is 110 Å². The fourth-order valence-electron chi connectivity index (χ4n) is 2.36. The van der Waals surface area contributed by atoms with E-state index in [2.05, 4.69) is 21.2 Å². The molecule has 0 spiro atoms. The lowest BCUT2D eigenvalue weighted by Crippen LogP contribution is -2.42. The van der Waals surface area contributed by atoms with E-state index < -0.39 is 16.9 Å². The molecule has 2 aromatic carbocycles. The Morgan fingerprint density at radius 3 is 2.19 bits per heavy atom. The average molecular weight is 421 g/mol. The molecule has 0 aliphatic rings. The molecular weight excluding hydrogens is 404 g/mol. The summed E-state index contributed by atoms with van der Waals surface area (Å²) in [4.78, 5) is 33.6. The van der Waals surface area contributed by atoms with Crippen LogP contribution in [0.5, 0.6) is 0 Å². The second-order valence-electron chi connectivity index (χ2n) is 5.71. The number of carboxylic acids is 1. The van der Waals surface area contributed by atoms with Gasteiger partial charge in [0.15, 0.2) is 0 Å². The fraction of sp³-hybridized carbons (Fsp3) is 0.222. The number of hydrogen-bond acceptors (Lipinski definition) is 4. The van der Waals surface area contributed by atoms with Crippen molar-refractivity contribution < 1.29 is 19.6 Å². The molecule has 0 saturated heterocycles. The van der Waals surface area contributed by atoms with Crippen molar-refractivity contribution in [3.63, 3.8) is 0 Å². The summed E-state index contributed by atoms with van der Waals surface area (Å²) in [5, 5.41) is 22.5. The van der Waals surface area contributed by atoms with Gasteiger partial charge in [-0.05, 0) is 29.7 Å². The predicted octanol–water partition coefficient (Wildman–Crippen LogP) is 3.10. The molecule has 2 N–H and O–H groups in total. The standard InChI is InChI=1S/C18H17BrN2O5/c19-14-6-1-12(2-7-14)5-10-17(22)20-16(18(23)24)11-13-3-8-15(9-4-13)21(25)26/h1-4,6-9,16H,5,10-11H2,(H,20,22)(H,23,24). The van der Waals surface area contributed by atoms with Crippen LogP contribution >= 0.6 is 15.9 Å². The molecule has 0 bridgehead atoms. The van der Waals surface area contributed by atoms with Crippen LogP contribution in [0.3, 0.4) is 0 Å². The number of rotatable bonds is 8. The minimum atomic E-state index is -1.15. The molecule has 136 valence electrons. The smallest absolute Gasteiger partial charge is 0.326 e. The number of nitrogens with zero attached hydrogens (tertiary/aromatic N) is 1. The van der Waals surface area contributed by atoms with Crippen LogP contribution < -0.4 is 5.32 Å². The zero-order chi connectivity index (χ0) is 19.1. The van der Waals surface area contributed by atoms with E-state index in [9.17, 15) is 24.8 Å². The number of carbonyl (C=O) groups excluding carboxylic acids is 1. The van der Waals surface area contributed by atoms with E-state index in [1.807, 2.05) is 24.3 Å². The molecule has 7 nitrogen and oxygen atoms in total. The SMILES string of the molecule is O=C(CCc1ccc(Br)cc1)NC(Cc1ccc([N+](=O)[O-])cc1)C(=O)O. The van der Waals surface area contributed by atoms with Crippen molar-refractivity contribution in [1.82, 2.24) is 5.32 Å². The van der Waals surface area contributed by atoms with Crippen LogP contribution in [0.15, 0.2) is 53.0 Å². The molecular formula is C18H17BrN2O5. The summed E-state index contributed by atoms with van der Waals surface area (Å²) in [7, 11) is 0. The van der Waals surface area contributed by atoms with Gasteiger partial charge in [0.1, 0.15) is 6.04 Å².